The molecule has 0 saturated heterocycles. The average Bonchev–Trinajstić information content (AvgIpc) is 2.62. The van der Waals surface area contributed by atoms with Crippen LogP contribution in [0, 0.1) is 12.7 Å². The first-order chi connectivity index (χ1) is 7.58. The summed E-state index contributed by atoms with van der Waals surface area (Å²) in [7, 11) is 3.93. The summed E-state index contributed by atoms with van der Waals surface area (Å²) in [6, 6.07) is 6.53. The third kappa shape index (κ3) is 2.07. The minimum atomic E-state index is -0.209. The van der Waals surface area contributed by atoms with E-state index in [9.17, 15) is 4.39 Å². The molecule has 2 nitrogen and oxygen atoms in total. The molecule has 0 N–H and O–H groups in total. The Kier molecular flexibility index (Phi) is 2.92. The zero-order valence-corrected chi connectivity index (χ0v) is 10.3. The maximum absolute atomic E-state index is 12.8. The van der Waals surface area contributed by atoms with Gasteiger partial charge in [-0.05, 0) is 24.6 Å². The molecule has 0 atom stereocenters. The Labute approximate surface area is 98.4 Å². The molecule has 0 radical (unpaired) electrons. The Bertz CT molecular complexity index is 488. The number of hydrogen-bond acceptors (Lipinski definition) is 3. The highest BCUT2D eigenvalue weighted by Gasteiger charge is 2.10. The molecule has 0 spiro atoms. The van der Waals surface area contributed by atoms with Crippen molar-refractivity contribution in [3.05, 3.63) is 35.8 Å². The molecular weight excluding hydrogens is 223 g/mol. The van der Waals surface area contributed by atoms with Gasteiger partial charge in [-0.2, -0.15) is 0 Å². The summed E-state index contributed by atoms with van der Waals surface area (Å²) in [4.78, 5) is 7.54. The Morgan fingerprint density at radius 2 is 1.81 bits per heavy atom. The second-order valence-corrected chi connectivity index (χ2v) is 4.79. The first kappa shape index (κ1) is 11.1. The standard InChI is InChI=1S/C12H13FN2S/c1-8-11(16-12(14-8)15(2)3)9-4-6-10(13)7-5-9/h4-7H,1-3H3. The van der Waals surface area contributed by atoms with Crippen LogP contribution in [0.1, 0.15) is 5.69 Å². The summed E-state index contributed by atoms with van der Waals surface area (Å²) in [6.07, 6.45) is 0. The van der Waals surface area contributed by atoms with Crippen molar-refractivity contribution in [3.63, 3.8) is 0 Å². The van der Waals surface area contributed by atoms with Crippen LogP contribution < -0.4 is 4.90 Å². The van der Waals surface area contributed by atoms with Gasteiger partial charge in [-0.1, -0.05) is 23.5 Å². The van der Waals surface area contributed by atoms with Crippen LogP contribution in [0.25, 0.3) is 10.4 Å². The quantitative estimate of drug-likeness (QED) is 0.795. The van der Waals surface area contributed by atoms with Crippen molar-refractivity contribution in [1.29, 1.82) is 0 Å². The molecule has 84 valence electrons. The lowest BCUT2D eigenvalue weighted by Crippen LogP contribution is -2.07. The summed E-state index contributed by atoms with van der Waals surface area (Å²) in [5.41, 5.74) is 2.00. The summed E-state index contributed by atoms with van der Waals surface area (Å²) in [6.45, 7) is 1.97. The predicted molar refractivity (Wildman–Crippen MR) is 66.6 cm³/mol. The number of aromatic nitrogens is 1. The van der Waals surface area contributed by atoms with E-state index in [1.54, 1.807) is 23.5 Å². The number of nitrogens with zero attached hydrogens (tertiary/aromatic N) is 2. The van der Waals surface area contributed by atoms with Crippen LogP contribution in [0.5, 0.6) is 0 Å². The molecule has 1 aromatic carbocycles. The number of anilines is 1. The molecule has 0 aliphatic carbocycles. The molecule has 4 heteroatoms. The van der Waals surface area contributed by atoms with Crippen LogP contribution in [0.3, 0.4) is 0 Å². The highest BCUT2D eigenvalue weighted by Crippen LogP contribution is 2.33. The van der Waals surface area contributed by atoms with Crippen molar-refractivity contribution in [1.82, 2.24) is 4.98 Å². The predicted octanol–water partition coefficient (Wildman–Crippen LogP) is 3.32. The van der Waals surface area contributed by atoms with Gasteiger partial charge in [0, 0.05) is 14.1 Å². The largest absolute Gasteiger partial charge is 0.354 e. The van der Waals surface area contributed by atoms with E-state index in [-0.39, 0.29) is 5.82 Å². The third-order valence-corrected chi connectivity index (χ3v) is 3.65. The van der Waals surface area contributed by atoms with Crippen molar-refractivity contribution >= 4 is 16.5 Å². The fraction of sp³-hybridized carbons (Fsp3) is 0.250. The smallest absolute Gasteiger partial charge is 0.185 e. The van der Waals surface area contributed by atoms with Gasteiger partial charge in [0.25, 0.3) is 0 Å². The summed E-state index contributed by atoms with van der Waals surface area (Å²) < 4.78 is 12.8. The molecule has 0 saturated carbocycles. The van der Waals surface area contributed by atoms with Crippen LogP contribution in [-0.4, -0.2) is 19.1 Å². The second-order valence-electron chi connectivity index (χ2n) is 3.81. The normalized spacial score (nSPS) is 10.5. The van der Waals surface area contributed by atoms with E-state index in [2.05, 4.69) is 4.98 Å². The lowest BCUT2D eigenvalue weighted by atomic mass is 10.1. The lowest BCUT2D eigenvalue weighted by molar-refractivity contribution is 0.628. The number of aryl methyl sites for hydroxylation is 1. The van der Waals surface area contributed by atoms with Crippen LogP contribution >= 0.6 is 11.3 Å². The highest BCUT2D eigenvalue weighted by molar-refractivity contribution is 7.19. The topological polar surface area (TPSA) is 16.1 Å². The van der Waals surface area contributed by atoms with E-state index in [0.29, 0.717) is 0 Å². The van der Waals surface area contributed by atoms with E-state index in [0.717, 1.165) is 21.3 Å². The zero-order chi connectivity index (χ0) is 11.7. The van der Waals surface area contributed by atoms with Crippen molar-refractivity contribution in [2.24, 2.45) is 0 Å². The van der Waals surface area contributed by atoms with Gasteiger partial charge < -0.3 is 4.90 Å². The van der Waals surface area contributed by atoms with Gasteiger partial charge in [-0.15, -0.1) is 0 Å². The Hall–Kier alpha value is -1.42. The van der Waals surface area contributed by atoms with E-state index >= 15 is 0 Å². The van der Waals surface area contributed by atoms with Gasteiger partial charge in [-0.25, -0.2) is 9.37 Å². The van der Waals surface area contributed by atoms with Crippen LogP contribution in [0.15, 0.2) is 24.3 Å². The Morgan fingerprint density at radius 1 is 1.19 bits per heavy atom. The van der Waals surface area contributed by atoms with Gasteiger partial charge in [0.15, 0.2) is 5.13 Å². The number of thiazole rings is 1. The minimum absolute atomic E-state index is 0.209. The first-order valence-electron chi connectivity index (χ1n) is 4.98. The van der Waals surface area contributed by atoms with Crippen LogP contribution in [0.4, 0.5) is 9.52 Å². The maximum atomic E-state index is 12.8. The summed E-state index contributed by atoms with van der Waals surface area (Å²) in [5, 5.41) is 0.969. The van der Waals surface area contributed by atoms with Gasteiger partial charge in [0.1, 0.15) is 5.82 Å². The fourth-order valence-electron chi connectivity index (χ4n) is 1.44. The van der Waals surface area contributed by atoms with E-state index in [4.69, 9.17) is 0 Å². The average molecular weight is 236 g/mol. The van der Waals surface area contributed by atoms with E-state index < -0.39 is 0 Å². The van der Waals surface area contributed by atoms with Crippen molar-refractivity contribution in [2.75, 3.05) is 19.0 Å². The third-order valence-electron chi connectivity index (χ3n) is 2.27. The number of halogens is 1. The van der Waals surface area contributed by atoms with Crippen LogP contribution in [0.2, 0.25) is 0 Å². The molecule has 0 fully saturated rings. The van der Waals surface area contributed by atoms with Gasteiger partial charge >= 0.3 is 0 Å². The molecule has 0 amide bonds. The zero-order valence-electron chi connectivity index (χ0n) is 9.49. The second kappa shape index (κ2) is 4.22. The van der Waals surface area contributed by atoms with Gasteiger partial charge in [0.2, 0.25) is 0 Å². The van der Waals surface area contributed by atoms with Crippen molar-refractivity contribution in [3.8, 4) is 10.4 Å². The highest BCUT2D eigenvalue weighted by atomic mass is 32.1. The lowest BCUT2D eigenvalue weighted by Gasteiger charge is -2.05. The minimum Gasteiger partial charge on any atom is -0.354 e. The summed E-state index contributed by atoms with van der Waals surface area (Å²) >= 11 is 1.62. The monoisotopic (exact) mass is 236 g/mol. The number of rotatable bonds is 2. The molecule has 2 aromatic rings. The summed E-state index contributed by atoms with van der Waals surface area (Å²) in [5.74, 6) is -0.209. The van der Waals surface area contributed by atoms with Crippen molar-refractivity contribution in [2.45, 2.75) is 6.92 Å². The molecule has 0 aliphatic rings. The van der Waals surface area contributed by atoms with Crippen molar-refractivity contribution < 1.29 is 4.39 Å². The van der Waals surface area contributed by atoms with Crippen LogP contribution in [-0.2, 0) is 0 Å². The van der Waals surface area contributed by atoms with Gasteiger partial charge in [-0.3, -0.25) is 0 Å². The molecule has 1 aromatic heterocycles. The van der Waals surface area contributed by atoms with E-state index in [1.165, 1.54) is 12.1 Å². The number of hydrogen-bond donors (Lipinski definition) is 0. The molecular formula is C12H13FN2S. The SMILES string of the molecule is Cc1nc(N(C)C)sc1-c1ccc(F)cc1. The molecule has 0 aliphatic heterocycles. The fourth-order valence-corrected chi connectivity index (χ4v) is 2.44. The molecule has 16 heavy (non-hydrogen) atoms. The van der Waals surface area contributed by atoms with E-state index in [1.807, 2.05) is 25.9 Å². The number of benzene rings is 1. The first-order valence-corrected chi connectivity index (χ1v) is 5.80. The molecule has 0 unspecified atom stereocenters. The Morgan fingerprint density at radius 3 is 2.31 bits per heavy atom. The molecule has 2 rings (SSSR count). The Balaban J connectivity index is 2.44. The molecule has 0 bridgehead atoms. The maximum Gasteiger partial charge on any atom is 0.185 e. The molecule has 1 heterocycles. The van der Waals surface area contributed by atoms with Gasteiger partial charge in [0.05, 0.1) is 10.6 Å².